The molecule has 0 aromatic heterocycles. The van der Waals surface area contributed by atoms with E-state index in [1.807, 2.05) is 7.05 Å². The van der Waals surface area contributed by atoms with Crippen molar-refractivity contribution in [1.29, 1.82) is 0 Å². The minimum Gasteiger partial charge on any atom is -0.494 e. The van der Waals surface area contributed by atoms with Crippen LogP contribution in [-0.2, 0) is 6.42 Å². The van der Waals surface area contributed by atoms with E-state index in [9.17, 15) is 4.39 Å². The van der Waals surface area contributed by atoms with E-state index in [4.69, 9.17) is 4.74 Å². The average molecular weight is 220 g/mol. The molecule has 0 radical (unpaired) electrons. The van der Waals surface area contributed by atoms with Crippen molar-refractivity contribution in [3.05, 3.63) is 29.6 Å². The van der Waals surface area contributed by atoms with Gasteiger partial charge in [-0.3, -0.25) is 0 Å². The molecule has 0 fully saturated rings. The molecule has 1 N–H and O–H groups in total. The van der Waals surface area contributed by atoms with Crippen LogP contribution in [0.25, 0.3) is 0 Å². The zero-order valence-electron chi connectivity index (χ0n) is 8.34. The molecule has 0 aliphatic carbocycles. The Kier molecular flexibility index (Phi) is 6.25. The normalized spacial score (nSPS) is 9.36. The second-order valence-electron chi connectivity index (χ2n) is 2.82. The van der Waals surface area contributed by atoms with Crippen molar-refractivity contribution < 1.29 is 9.13 Å². The van der Waals surface area contributed by atoms with Gasteiger partial charge in [-0.05, 0) is 37.7 Å². The number of hydrogen-bond donors (Lipinski definition) is 1. The lowest BCUT2D eigenvalue weighted by Crippen LogP contribution is -2.10. The van der Waals surface area contributed by atoms with E-state index in [2.05, 4.69) is 5.32 Å². The summed E-state index contributed by atoms with van der Waals surface area (Å²) in [5.74, 6) is 0.00399. The highest BCUT2D eigenvalue weighted by Gasteiger charge is 2.02. The van der Waals surface area contributed by atoms with Crippen molar-refractivity contribution >= 4 is 12.4 Å². The fourth-order valence-electron chi connectivity index (χ4n) is 1.13. The smallest absolute Gasteiger partial charge is 0.165 e. The molecule has 0 aliphatic rings. The third kappa shape index (κ3) is 3.52. The summed E-state index contributed by atoms with van der Waals surface area (Å²) in [6.45, 7) is 0.884. The molecule has 2 nitrogen and oxygen atoms in total. The number of benzene rings is 1. The minimum atomic E-state index is -0.310. The maximum absolute atomic E-state index is 13.0. The molecule has 80 valence electrons. The van der Waals surface area contributed by atoms with Crippen molar-refractivity contribution in [2.24, 2.45) is 0 Å². The van der Waals surface area contributed by atoms with Gasteiger partial charge in [-0.15, -0.1) is 12.4 Å². The van der Waals surface area contributed by atoms with Crippen molar-refractivity contribution in [2.45, 2.75) is 6.42 Å². The summed E-state index contributed by atoms with van der Waals surface area (Å²) >= 11 is 0. The van der Waals surface area contributed by atoms with Crippen LogP contribution in [0.5, 0.6) is 5.75 Å². The topological polar surface area (TPSA) is 21.3 Å². The van der Waals surface area contributed by atoms with Gasteiger partial charge in [0.15, 0.2) is 11.6 Å². The molecule has 0 amide bonds. The van der Waals surface area contributed by atoms with E-state index in [1.54, 1.807) is 12.1 Å². The van der Waals surface area contributed by atoms with E-state index in [0.29, 0.717) is 5.75 Å². The second kappa shape index (κ2) is 6.62. The molecule has 0 spiro atoms. The number of ether oxygens (including phenoxy) is 1. The van der Waals surface area contributed by atoms with Crippen molar-refractivity contribution in [3.8, 4) is 5.75 Å². The van der Waals surface area contributed by atoms with Crippen LogP contribution < -0.4 is 10.1 Å². The zero-order chi connectivity index (χ0) is 9.68. The molecule has 4 heteroatoms. The molecule has 1 rings (SSSR count). The molecule has 0 saturated heterocycles. The molecule has 1 aromatic carbocycles. The number of hydrogen-bond acceptors (Lipinski definition) is 2. The summed E-state index contributed by atoms with van der Waals surface area (Å²) < 4.78 is 17.8. The van der Waals surface area contributed by atoms with Gasteiger partial charge in [0, 0.05) is 0 Å². The number of methoxy groups -OCH3 is 1. The fraction of sp³-hybridized carbons (Fsp3) is 0.400. The van der Waals surface area contributed by atoms with Crippen molar-refractivity contribution in [2.75, 3.05) is 20.7 Å². The summed E-state index contributed by atoms with van der Waals surface area (Å²) in [6, 6.07) is 4.94. The summed E-state index contributed by atoms with van der Waals surface area (Å²) in [7, 11) is 3.36. The van der Waals surface area contributed by atoms with Crippen LogP contribution in [0, 0.1) is 5.82 Å². The lowest BCUT2D eigenvalue weighted by atomic mass is 10.1. The van der Waals surface area contributed by atoms with Crippen molar-refractivity contribution in [3.63, 3.8) is 0 Å². The van der Waals surface area contributed by atoms with Crippen LogP contribution in [0.1, 0.15) is 5.56 Å². The molecule has 1 aromatic rings. The second-order valence-corrected chi connectivity index (χ2v) is 2.82. The summed E-state index contributed by atoms with van der Waals surface area (Å²) in [5.41, 5.74) is 1.08. The fourth-order valence-corrected chi connectivity index (χ4v) is 1.13. The zero-order valence-corrected chi connectivity index (χ0v) is 9.16. The summed E-state index contributed by atoms with van der Waals surface area (Å²) in [5, 5.41) is 3.03. The Morgan fingerprint density at radius 1 is 1.43 bits per heavy atom. The summed E-state index contributed by atoms with van der Waals surface area (Å²) in [4.78, 5) is 0. The van der Waals surface area contributed by atoms with Gasteiger partial charge in [-0.1, -0.05) is 6.07 Å². The van der Waals surface area contributed by atoms with Crippen LogP contribution in [-0.4, -0.2) is 20.7 Å². The van der Waals surface area contributed by atoms with E-state index in [1.165, 1.54) is 13.2 Å². The highest BCUT2D eigenvalue weighted by atomic mass is 35.5. The van der Waals surface area contributed by atoms with Gasteiger partial charge in [-0.2, -0.15) is 0 Å². The predicted molar refractivity (Wildman–Crippen MR) is 57.8 cm³/mol. The first kappa shape index (κ1) is 13.2. The molecule has 0 saturated carbocycles. The van der Waals surface area contributed by atoms with Gasteiger partial charge in [0.2, 0.25) is 0 Å². The molecule has 0 unspecified atom stereocenters. The van der Waals surface area contributed by atoms with Gasteiger partial charge in [0.05, 0.1) is 7.11 Å². The van der Waals surface area contributed by atoms with Gasteiger partial charge >= 0.3 is 0 Å². The molecule has 0 aliphatic heterocycles. The van der Waals surface area contributed by atoms with Gasteiger partial charge in [-0.25, -0.2) is 4.39 Å². The Labute approximate surface area is 89.9 Å². The molecule has 0 heterocycles. The Balaban J connectivity index is 0.00000169. The number of halogens is 2. The van der Waals surface area contributed by atoms with E-state index in [-0.39, 0.29) is 18.2 Å². The van der Waals surface area contributed by atoms with E-state index < -0.39 is 0 Å². The lowest BCUT2D eigenvalue weighted by Gasteiger charge is -2.05. The van der Waals surface area contributed by atoms with Crippen LogP contribution in [0.15, 0.2) is 18.2 Å². The maximum atomic E-state index is 13.0. The Morgan fingerprint density at radius 3 is 2.71 bits per heavy atom. The molecular weight excluding hydrogens is 205 g/mol. The molecule has 0 bridgehead atoms. The van der Waals surface area contributed by atoms with E-state index >= 15 is 0 Å². The van der Waals surface area contributed by atoms with Crippen molar-refractivity contribution in [1.82, 2.24) is 5.32 Å². The molecule has 14 heavy (non-hydrogen) atoms. The first-order valence-corrected chi connectivity index (χ1v) is 4.25. The standard InChI is InChI=1S/C10H14FNO.ClH/c1-12-6-5-8-3-4-9(11)10(7-8)13-2;/h3-4,7,12H,5-6H2,1-2H3;1H. The molecule has 0 atom stereocenters. The maximum Gasteiger partial charge on any atom is 0.165 e. The van der Waals surface area contributed by atoms with Crippen LogP contribution in [0.2, 0.25) is 0 Å². The van der Waals surface area contributed by atoms with E-state index in [0.717, 1.165) is 18.5 Å². The SMILES string of the molecule is CNCCc1ccc(F)c(OC)c1.Cl. The van der Waals surface area contributed by atoms with Gasteiger partial charge < -0.3 is 10.1 Å². The Morgan fingerprint density at radius 2 is 2.14 bits per heavy atom. The largest absolute Gasteiger partial charge is 0.494 e. The number of likely N-dealkylation sites (N-methyl/N-ethyl adjacent to an activating group) is 1. The van der Waals surface area contributed by atoms with Gasteiger partial charge in [0.1, 0.15) is 0 Å². The van der Waals surface area contributed by atoms with Crippen LogP contribution in [0.4, 0.5) is 4.39 Å². The Hall–Kier alpha value is -0.800. The Bertz CT molecular complexity index is 281. The third-order valence-corrected chi connectivity index (χ3v) is 1.88. The average Bonchev–Trinajstić information content (AvgIpc) is 2.16. The third-order valence-electron chi connectivity index (χ3n) is 1.88. The first-order valence-electron chi connectivity index (χ1n) is 4.25. The predicted octanol–water partition coefficient (Wildman–Crippen LogP) is 2.02. The highest BCUT2D eigenvalue weighted by molar-refractivity contribution is 5.85. The van der Waals surface area contributed by atoms with Gasteiger partial charge in [0.25, 0.3) is 0 Å². The molecular formula is C10H15ClFNO. The first-order chi connectivity index (χ1) is 6.27. The monoisotopic (exact) mass is 219 g/mol. The summed E-state index contributed by atoms with van der Waals surface area (Å²) in [6.07, 6.45) is 0.882. The van der Waals surface area contributed by atoms with Crippen LogP contribution in [0.3, 0.4) is 0 Å². The highest BCUT2D eigenvalue weighted by Crippen LogP contribution is 2.18. The van der Waals surface area contributed by atoms with Crippen LogP contribution >= 0.6 is 12.4 Å². The number of rotatable bonds is 4. The minimum absolute atomic E-state index is 0. The number of nitrogens with one attached hydrogen (secondary N) is 1. The lowest BCUT2D eigenvalue weighted by molar-refractivity contribution is 0.386. The quantitative estimate of drug-likeness (QED) is 0.837.